The van der Waals surface area contributed by atoms with Gasteiger partial charge in [-0.1, -0.05) is 24.3 Å². The van der Waals surface area contributed by atoms with Gasteiger partial charge in [0.05, 0.1) is 5.39 Å². The zero-order valence-corrected chi connectivity index (χ0v) is 19.0. The highest BCUT2D eigenvalue weighted by Crippen LogP contribution is 2.37. The summed E-state index contributed by atoms with van der Waals surface area (Å²) in [5, 5.41) is 17.1. The van der Waals surface area contributed by atoms with Gasteiger partial charge in [0.2, 0.25) is 11.8 Å². The Kier molecular flexibility index (Phi) is 5.88. The molecule has 4 N–H and O–H groups in total. The molecule has 170 valence electrons. The first-order valence-corrected chi connectivity index (χ1v) is 11.5. The van der Waals surface area contributed by atoms with Gasteiger partial charge in [-0.3, -0.25) is 0 Å². The van der Waals surface area contributed by atoms with Crippen molar-refractivity contribution in [2.24, 2.45) is 0 Å². The second-order valence-corrected chi connectivity index (χ2v) is 8.65. The number of hydrogen-bond acceptors (Lipinski definition) is 6. The minimum Gasteiger partial charge on any atom is -0.508 e. The van der Waals surface area contributed by atoms with Crippen LogP contribution in [0.15, 0.2) is 48.7 Å². The molecule has 0 aliphatic heterocycles. The van der Waals surface area contributed by atoms with E-state index in [0.717, 1.165) is 47.2 Å². The molecule has 1 saturated carbocycles. The summed E-state index contributed by atoms with van der Waals surface area (Å²) in [5.41, 5.74) is 5.96. The van der Waals surface area contributed by atoms with Crippen LogP contribution in [-0.2, 0) is 6.54 Å². The maximum atomic E-state index is 9.69. The van der Waals surface area contributed by atoms with Crippen LogP contribution in [0.2, 0.25) is 0 Å². The predicted octanol–water partition coefficient (Wildman–Crippen LogP) is 5.42. The van der Waals surface area contributed by atoms with Crippen molar-refractivity contribution in [3.05, 3.63) is 59.8 Å². The molecular weight excluding hydrogens is 414 g/mol. The molecule has 0 spiro atoms. The van der Waals surface area contributed by atoms with Crippen LogP contribution in [0.25, 0.3) is 22.2 Å². The number of fused-ring (bicyclic) bond motifs is 1. The van der Waals surface area contributed by atoms with Gasteiger partial charge in [0.1, 0.15) is 17.5 Å². The highest BCUT2D eigenvalue weighted by atomic mass is 16.5. The van der Waals surface area contributed by atoms with E-state index in [1.165, 1.54) is 18.4 Å². The van der Waals surface area contributed by atoms with Crippen LogP contribution in [-0.4, -0.2) is 33.2 Å². The summed E-state index contributed by atoms with van der Waals surface area (Å²) in [6.07, 6.45) is 6.54. The van der Waals surface area contributed by atoms with Crippen molar-refractivity contribution >= 4 is 22.7 Å². The van der Waals surface area contributed by atoms with Crippen molar-refractivity contribution in [1.82, 2.24) is 20.3 Å². The topological polar surface area (TPSA) is 95.1 Å². The van der Waals surface area contributed by atoms with E-state index in [4.69, 9.17) is 14.7 Å². The molecule has 0 radical (unpaired) electrons. The summed E-state index contributed by atoms with van der Waals surface area (Å²) >= 11 is 0. The number of phenolic OH excluding ortho intramolecular Hbond substituents is 1. The van der Waals surface area contributed by atoms with Crippen molar-refractivity contribution in [3.8, 4) is 22.8 Å². The van der Waals surface area contributed by atoms with Gasteiger partial charge in [-0.2, -0.15) is 9.97 Å². The minimum atomic E-state index is 0.168. The third-order valence-corrected chi connectivity index (χ3v) is 6.18. The van der Waals surface area contributed by atoms with E-state index < -0.39 is 0 Å². The largest absolute Gasteiger partial charge is 0.508 e. The molecule has 33 heavy (non-hydrogen) atoms. The fraction of sp³-hybridized carbons (Fsp3) is 0.308. The first kappa shape index (κ1) is 21.3. The van der Waals surface area contributed by atoms with Gasteiger partial charge in [-0.15, -0.1) is 0 Å². The van der Waals surface area contributed by atoms with E-state index in [9.17, 15) is 5.11 Å². The molecule has 1 aliphatic rings. The Bertz CT molecular complexity index is 1260. The average Bonchev–Trinajstić information content (AvgIpc) is 3.47. The van der Waals surface area contributed by atoms with Gasteiger partial charge >= 0.3 is 0 Å². The van der Waals surface area contributed by atoms with E-state index in [1.54, 1.807) is 12.1 Å². The molecule has 7 nitrogen and oxygen atoms in total. The lowest BCUT2D eigenvalue weighted by Gasteiger charge is -2.16. The van der Waals surface area contributed by atoms with Crippen LogP contribution in [0.4, 0.5) is 11.6 Å². The second kappa shape index (κ2) is 9.11. The number of aromatic hydroxyl groups is 1. The summed E-state index contributed by atoms with van der Waals surface area (Å²) < 4.78 is 6.42. The molecule has 2 aromatic heterocycles. The smallest absolute Gasteiger partial charge is 0.232 e. The van der Waals surface area contributed by atoms with E-state index >= 15 is 0 Å². The van der Waals surface area contributed by atoms with E-state index in [2.05, 4.69) is 40.7 Å². The molecule has 0 atom stereocenters. The second-order valence-electron chi connectivity index (χ2n) is 8.65. The van der Waals surface area contributed by atoms with Crippen molar-refractivity contribution in [1.29, 1.82) is 0 Å². The summed E-state index contributed by atoms with van der Waals surface area (Å²) in [7, 11) is 1.94. The van der Waals surface area contributed by atoms with Crippen LogP contribution in [0.3, 0.4) is 0 Å². The lowest BCUT2D eigenvalue weighted by molar-refractivity contribution is 0.204. The van der Waals surface area contributed by atoms with Crippen LogP contribution in [0.1, 0.15) is 36.8 Å². The highest BCUT2D eigenvalue weighted by Gasteiger charge is 2.22. The van der Waals surface area contributed by atoms with Crippen molar-refractivity contribution in [3.63, 3.8) is 0 Å². The maximum Gasteiger partial charge on any atom is 0.232 e. The van der Waals surface area contributed by atoms with Crippen molar-refractivity contribution < 1.29 is 9.84 Å². The van der Waals surface area contributed by atoms with Gasteiger partial charge < -0.3 is 25.5 Å². The first-order chi connectivity index (χ1) is 16.1. The summed E-state index contributed by atoms with van der Waals surface area (Å²) in [4.78, 5) is 12.9. The summed E-state index contributed by atoms with van der Waals surface area (Å²) in [5.74, 6) is 1.32. The van der Waals surface area contributed by atoms with Gasteiger partial charge in [0.25, 0.3) is 0 Å². The molecule has 4 aromatic rings. The Morgan fingerprint density at radius 2 is 1.88 bits per heavy atom. The fourth-order valence-electron chi connectivity index (χ4n) is 4.47. The van der Waals surface area contributed by atoms with Crippen molar-refractivity contribution in [2.75, 3.05) is 12.4 Å². The summed E-state index contributed by atoms with van der Waals surface area (Å²) in [6.45, 7) is 2.90. The van der Waals surface area contributed by atoms with Crippen LogP contribution >= 0.6 is 0 Å². The minimum absolute atomic E-state index is 0.168. The van der Waals surface area contributed by atoms with Gasteiger partial charge in [0.15, 0.2) is 0 Å². The molecule has 1 fully saturated rings. The number of benzene rings is 2. The van der Waals surface area contributed by atoms with Crippen LogP contribution in [0.5, 0.6) is 11.6 Å². The zero-order valence-electron chi connectivity index (χ0n) is 19.0. The number of nitrogens with zero attached hydrogens (tertiary/aromatic N) is 2. The number of H-pyrrole nitrogens is 1. The molecule has 5 rings (SSSR count). The zero-order chi connectivity index (χ0) is 22.8. The Morgan fingerprint density at radius 1 is 1.09 bits per heavy atom. The standard InChI is InChI=1S/C26H29N5O2/c1-16-13-17(14-27-2)7-12-22(16)29-26-30-24-23(25(31-26)33-20-5-3-4-6-20)21(15-28-24)18-8-10-19(32)11-9-18/h7-13,15,20,27,32H,3-6,14H2,1-2H3,(H2,28,29,30,31). The fourth-order valence-corrected chi connectivity index (χ4v) is 4.47. The highest BCUT2D eigenvalue weighted by molar-refractivity contribution is 5.97. The molecule has 0 amide bonds. The molecule has 0 unspecified atom stereocenters. The number of anilines is 2. The third kappa shape index (κ3) is 4.50. The molecule has 1 aliphatic carbocycles. The normalized spacial score (nSPS) is 14.1. The van der Waals surface area contributed by atoms with Crippen molar-refractivity contribution in [2.45, 2.75) is 45.3 Å². The van der Waals surface area contributed by atoms with E-state index in [1.807, 2.05) is 25.4 Å². The molecule has 2 heterocycles. The number of phenols is 1. The number of rotatable bonds is 7. The van der Waals surface area contributed by atoms with Crippen LogP contribution < -0.4 is 15.4 Å². The van der Waals surface area contributed by atoms with Crippen LogP contribution in [0, 0.1) is 6.92 Å². The molecule has 2 aromatic carbocycles. The monoisotopic (exact) mass is 443 g/mol. The molecular formula is C26H29N5O2. The van der Waals surface area contributed by atoms with Gasteiger partial charge in [0, 0.05) is 24.0 Å². The van der Waals surface area contributed by atoms with Gasteiger partial charge in [-0.05, 0) is 74.5 Å². The molecule has 0 bridgehead atoms. The Balaban J connectivity index is 1.54. The Labute approximate surface area is 193 Å². The SMILES string of the molecule is CNCc1ccc(Nc2nc(OC3CCCC3)c3c(-c4ccc(O)cc4)c[nH]c3n2)c(C)c1. The number of aryl methyl sites for hydroxylation is 1. The average molecular weight is 444 g/mol. The molecule has 0 saturated heterocycles. The maximum absolute atomic E-state index is 9.69. The predicted molar refractivity (Wildman–Crippen MR) is 131 cm³/mol. The third-order valence-electron chi connectivity index (χ3n) is 6.18. The lowest BCUT2D eigenvalue weighted by atomic mass is 10.1. The molecule has 7 heteroatoms. The van der Waals surface area contributed by atoms with E-state index in [0.29, 0.717) is 17.5 Å². The number of aromatic nitrogens is 3. The first-order valence-electron chi connectivity index (χ1n) is 11.5. The lowest BCUT2D eigenvalue weighted by Crippen LogP contribution is -2.13. The van der Waals surface area contributed by atoms with E-state index in [-0.39, 0.29) is 11.9 Å². The quantitative estimate of drug-likeness (QED) is 0.305. The van der Waals surface area contributed by atoms with Gasteiger partial charge in [-0.25, -0.2) is 0 Å². The Morgan fingerprint density at radius 3 is 2.61 bits per heavy atom. The Hall–Kier alpha value is -3.58. The number of nitrogens with one attached hydrogen (secondary N) is 3. The number of hydrogen-bond donors (Lipinski definition) is 4. The number of ether oxygens (including phenoxy) is 1. The summed E-state index contributed by atoms with van der Waals surface area (Å²) in [6, 6.07) is 13.5. The number of aromatic amines is 1.